The highest BCUT2D eigenvalue weighted by atomic mass is 32.2. The third-order valence-corrected chi connectivity index (χ3v) is 5.39. The molecular formula is C18H22O4S. The van der Waals surface area contributed by atoms with E-state index in [0.29, 0.717) is 23.7 Å². The molecule has 0 aliphatic heterocycles. The van der Waals surface area contributed by atoms with E-state index in [1.54, 1.807) is 31.4 Å². The molecule has 2 aromatic carbocycles. The van der Waals surface area contributed by atoms with Gasteiger partial charge < -0.3 is 9.47 Å². The molecule has 0 atom stereocenters. The Hall–Kier alpha value is -2.01. The van der Waals surface area contributed by atoms with Crippen molar-refractivity contribution < 1.29 is 17.9 Å². The summed E-state index contributed by atoms with van der Waals surface area (Å²) in [6, 6.07) is 14.5. The average molecular weight is 334 g/mol. The molecule has 0 spiro atoms. The number of rotatable bonds is 8. The maximum Gasteiger partial charge on any atom is 0.178 e. The molecule has 0 radical (unpaired) electrons. The van der Waals surface area contributed by atoms with Crippen LogP contribution < -0.4 is 9.47 Å². The second kappa shape index (κ2) is 8.02. The quantitative estimate of drug-likeness (QED) is 0.741. The first-order valence-electron chi connectivity index (χ1n) is 7.63. The van der Waals surface area contributed by atoms with Gasteiger partial charge in [0.15, 0.2) is 9.84 Å². The number of benzene rings is 2. The molecule has 0 N–H and O–H groups in total. The molecule has 0 amide bonds. The fourth-order valence-corrected chi connectivity index (χ4v) is 3.57. The third kappa shape index (κ3) is 4.99. The zero-order valence-electron chi connectivity index (χ0n) is 13.5. The third-order valence-electron chi connectivity index (χ3n) is 3.45. The second-order valence-electron chi connectivity index (χ2n) is 5.24. The SMILES string of the molecule is CCCS(=O)(=O)c1ccc(OCCc2cccc(OC)c2)cc1. The largest absolute Gasteiger partial charge is 0.497 e. The van der Waals surface area contributed by atoms with Gasteiger partial charge in [-0.1, -0.05) is 19.1 Å². The average Bonchev–Trinajstić information content (AvgIpc) is 2.55. The first-order chi connectivity index (χ1) is 11.0. The van der Waals surface area contributed by atoms with Crippen LogP contribution in [0.15, 0.2) is 53.4 Å². The minimum Gasteiger partial charge on any atom is -0.497 e. The Morgan fingerprint density at radius 2 is 1.74 bits per heavy atom. The fourth-order valence-electron chi connectivity index (χ4n) is 2.24. The summed E-state index contributed by atoms with van der Waals surface area (Å²) in [4.78, 5) is 0.347. The molecule has 0 unspecified atom stereocenters. The number of ether oxygens (including phenoxy) is 2. The summed E-state index contributed by atoms with van der Waals surface area (Å²) in [7, 11) is -1.53. The maximum atomic E-state index is 12.0. The number of sulfone groups is 1. The lowest BCUT2D eigenvalue weighted by atomic mass is 10.1. The lowest BCUT2D eigenvalue weighted by Gasteiger charge is -2.08. The highest BCUT2D eigenvalue weighted by molar-refractivity contribution is 7.91. The number of hydrogen-bond acceptors (Lipinski definition) is 4. The Bertz CT molecular complexity index is 721. The van der Waals surface area contributed by atoms with Crippen LogP contribution >= 0.6 is 0 Å². The van der Waals surface area contributed by atoms with Crippen LogP contribution in [0.1, 0.15) is 18.9 Å². The summed E-state index contributed by atoms with van der Waals surface area (Å²) < 4.78 is 34.8. The topological polar surface area (TPSA) is 52.6 Å². The molecular weight excluding hydrogens is 312 g/mol. The summed E-state index contributed by atoms with van der Waals surface area (Å²) in [5.74, 6) is 1.67. The maximum absolute atomic E-state index is 12.0. The summed E-state index contributed by atoms with van der Waals surface area (Å²) >= 11 is 0. The van der Waals surface area contributed by atoms with Crippen molar-refractivity contribution in [3.63, 3.8) is 0 Å². The van der Waals surface area contributed by atoms with Gasteiger partial charge in [-0.25, -0.2) is 8.42 Å². The van der Waals surface area contributed by atoms with Gasteiger partial charge in [0.1, 0.15) is 11.5 Å². The van der Waals surface area contributed by atoms with Crippen molar-refractivity contribution in [1.29, 1.82) is 0 Å². The van der Waals surface area contributed by atoms with E-state index >= 15 is 0 Å². The van der Waals surface area contributed by atoms with Crippen LogP contribution in [0.5, 0.6) is 11.5 Å². The normalized spacial score (nSPS) is 11.2. The summed E-state index contributed by atoms with van der Waals surface area (Å²) in [6.07, 6.45) is 1.37. The summed E-state index contributed by atoms with van der Waals surface area (Å²) in [5, 5.41) is 0. The van der Waals surface area contributed by atoms with Gasteiger partial charge in [0.25, 0.3) is 0 Å². The van der Waals surface area contributed by atoms with Crippen LogP contribution in [0.2, 0.25) is 0 Å². The predicted octanol–water partition coefficient (Wildman–Crippen LogP) is 3.50. The van der Waals surface area contributed by atoms with Gasteiger partial charge in [-0.15, -0.1) is 0 Å². The molecule has 4 nitrogen and oxygen atoms in total. The minimum atomic E-state index is -3.17. The van der Waals surface area contributed by atoms with E-state index in [1.165, 1.54) is 0 Å². The number of methoxy groups -OCH3 is 1. The molecule has 0 fully saturated rings. The van der Waals surface area contributed by atoms with E-state index in [9.17, 15) is 8.42 Å². The van der Waals surface area contributed by atoms with Crippen molar-refractivity contribution in [2.24, 2.45) is 0 Å². The van der Waals surface area contributed by atoms with E-state index in [0.717, 1.165) is 17.7 Å². The van der Waals surface area contributed by atoms with E-state index < -0.39 is 9.84 Å². The zero-order chi connectivity index (χ0) is 16.7. The Morgan fingerprint density at radius 3 is 2.39 bits per heavy atom. The summed E-state index contributed by atoms with van der Waals surface area (Å²) in [5.41, 5.74) is 1.13. The number of hydrogen-bond donors (Lipinski definition) is 0. The Labute approximate surface area is 138 Å². The van der Waals surface area contributed by atoms with Crippen molar-refractivity contribution in [3.8, 4) is 11.5 Å². The van der Waals surface area contributed by atoms with Crippen molar-refractivity contribution in [2.45, 2.75) is 24.7 Å². The highest BCUT2D eigenvalue weighted by Gasteiger charge is 2.12. The monoisotopic (exact) mass is 334 g/mol. The lowest BCUT2D eigenvalue weighted by molar-refractivity contribution is 0.321. The Balaban J connectivity index is 1.91. The van der Waals surface area contributed by atoms with Gasteiger partial charge in [-0.2, -0.15) is 0 Å². The van der Waals surface area contributed by atoms with Gasteiger partial charge in [-0.05, 0) is 48.4 Å². The van der Waals surface area contributed by atoms with Crippen LogP contribution in [0.4, 0.5) is 0 Å². The van der Waals surface area contributed by atoms with Crippen LogP contribution in [0.25, 0.3) is 0 Å². The molecule has 0 bridgehead atoms. The second-order valence-corrected chi connectivity index (χ2v) is 7.35. The van der Waals surface area contributed by atoms with E-state index in [-0.39, 0.29) is 5.75 Å². The fraction of sp³-hybridized carbons (Fsp3) is 0.333. The van der Waals surface area contributed by atoms with Crippen molar-refractivity contribution >= 4 is 9.84 Å². The van der Waals surface area contributed by atoms with Crippen molar-refractivity contribution in [3.05, 3.63) is 54.1 Å². The molecule has 0 saturated heterocycles. The molecule has 5 heteroatoms. The van der Waals surface area contributed by atoms with E-state index in [2.05, 4.69) is 0 Å². The predicted molar refractivity (Wildman–Crippen MR) is 91.0 cm³/mol. The molecule has 2 rings (SSSR count). The molecule has 0 aromatic heterocycles. The smallest absolute Gasteiger partial charge is 0.178 e. The highest BCUT2D eigenvalue weighted by Crippen LogP contribution is 2.18. The van der Waals surface area contributed by atoms with Crippen LogP contribution in [-0.4, -0.2) is 27.9 Å². The van der Waals surface area contributed by atoms with Gasteiger partial charge >= 0.3 is 0 Å². The van der Waals surface area contributed by atoms with Gasteiger partial charge in [-0.3, -0.25) is 0 Å². The molecule has 23 heavy (non-hydrogen) atoms. The van der Waals surface area contributed by atoms with Crippen LogP contribution in [0, 0.1) is 0 Å². The van der Waals surface area contributed by atoms with Gasteiger partial charge in [0.2, 0.25) is 0 Å². The molecule has 0 aliphatic carbocycles. The van der Waals surface area contributed by atoms with Gasteiger partial charge in [0, 0.05) is 6.42 Å². The minimum absolute atomic E-state index is 0.170. The molecule has 0 saturated carbocycles. The molecule has 2 aromatic rings. The summed E-state index contributed by atoms with van der Waals surface area (Å²) in [6.45, 7) is 2.38. The molecule has 124 valence electrons. The Morgan fingerprint density at radius 1 is 1.00 bits per heavy atom. The van der Waals surface area contributed by atoms with E-state index in [4.69, 9.17) is 9.47 Å². The Kier molecular flexibility index (Phi) is 6.04. The van der Waals surface area contributed by atoms with Gasteiger partial charge in [0.05, 0.1) is 24.4 Å². The first kappa shape index (κ1) is 17.3. The first-order valence-corrected chi connectivity index (χ1v) is 9.29. The molecule has 0 heterocycles. The van der Waals surface area contributed by atoms with Crippen molar-refractivity contribution in [2.75, 3.05) is 19.5 Å². The lowest BCUT2D eigenvalue weighted by Crippen LogP contribution is -2.06. The standard InChI is InChI=1S/C18H22O4S/c1-3-13-23(19,20)18-9-7-16(8-10-18)22-12-11-15-5-4-6-17(14-15)21-2/h4-10,14H,3,11-13H2,1-2H3. The molecule has 0 aliphatic rings. The van der Waals surface area contributed by atoms with E-state index in [1.807, 2.05) is 31.2 Å². The van der Waals surface area contributed by atoms with Crippen LogP contribution in [-0.2, 0) is 16.3 Å². The van der Waals surface area contributed by atoms with Crippen LogP contribution in [0.3, 0.4) is 0 Å². The zero-order valence-corrected chi connectivity index (χ0v) is 14.3. The van der Waals surface area contributed by atoms with Crippen molar-refractivity contribution in [1.82, 2.24) is 0 Å².